The Morgan fingerprint density at radius 2 is 2.18 bits per heavy atom. The third kappa shape index (κ3) is 3.79. The SMILES string of the molecule is CC[C@H](c1cc(C)co1)N(C)c1nsnc1Nc1cccc(C(=O)NC)c1O. The maximum absolute atomic E-state index is 11.9. The molecule has 2 heterocycles. The summed E-state index contributed by atoms with van der Waals surface area (Å²) in [6.07, 6.45) is 2.55. The van der Waals surface area contributed by atoms with E-state index in [-0.39, 0.29) is 23.3 Å². The summed E-state index contributed by atoms with van der Waals surface area (Å²) in [5.74, 6) is 1.48. The highest BCUT2D eigenvalue weighted by Crippen LogP contribution is 2.36. The van der Waals surface area contributed by atoms with Gasteiger partial charge in [0, 0.05) is 14.1 Å². The van der Waals surface area contributed by atoms with E-state index in [1.54, 1.807) is 24.5 Å². The van der Waals surface area contributed by atoms with E-state index in [2.05, 4.69) is 26.3 Å². The molecule has 9 heteroatoms. The summed E-state index contributed by atoms with van der Waals surface area (Å²) in [4.78, 5) is 13.9. The Morgan fingerprint density at radius 3 is 2.82 bits per heavy atom. The minimum atomic E-state index is -0.367. The number of anilines is 3. The first kappa shape index (κ1) is 19.7. The van der Waals surface area contributed by atoms with Gasteiger partial charge in [-0.25, -0.2) is 0 Å². The van der Waals surface area contributed by atoms with Crippen molar-refractivity contribution in [3.05, 3.63) is 47.4 Å². The number of furan rings is 1. The van der Waals surface area contributed by atoms with E-state index in [0.29, 0.717) is 17.3 Å². The molecule has 0 fully saturated rings. The Labute approximate surface area is 167 Å². The van der Waals surface area contributed by atoms with Crippen LogP contribution in [0.4, 0.5) is 17.3 Å². The van der Waals surface area contributed by atoms with Crippen molar-refractivity contribution in [3.63, 3.8) is 0 Å². The fourth-order valence-electron chi connectivity index (χ4n) is 3.03. The number of nitrogens with one attached hydrogen (secondary N) is 2. The molecule has 148 valence electrons. The van der Waals surface area contributed by atoms with Gasteiger partial charge >= 0.3 is 0 Å². The van der Waals surface area contributed by atoms with E-state index in [0.717, 1.165) is 29.5 Å². The zero-order valence-corrected chi connectivity index (χ0v) is 17.0. The topological polar surface area (TPSA) is 104 Å². The second-order valence-corrected chi connectivity index (χ2v) is 6.93. The minimum absolute atomic E-state index is 0.0102. The lowest BCUT2D eigenvalue weighted by Gasteiger charge is -2.26. The fourth-order valence-corrected chi connectivity index (χ4v) is 3.57. The normalized spacial score (nSPS) is 11.9. The fraction of sp³-hybridized carbons (Fsp3) is 0.316. The summed E-state index contributed by atoms with van der Waals surface area (Å²) in [5, 5.41) is 16.1. The number of phenols is 1. The minimum Gasteiger partial charge on any atom is -0.505 e. The number of aromatic nitrogens is 2. The van der Waals surface area contributed by atoms with Crippen LogP contribution in [0.2, 0.25) is 0 Å². The van der Waals surface area contributed by atoms with E-state index in [9.17, 15) is 9.90 Å². The third-order valence-corrected chi connectivity index (χ3v) is 5.02. The molecule has 1 aromatic carbocycles. The number of rotatable bonds is 7. The van der Waals surface area contributed by atoms with Gasteiger partial charge in [-0.3, -0.25) is 4.79 Å². The quantitative estimate of drug-likeness (QED) is 0.517. The van der Waals surface area contributed by atoms with E-state index < -0.39 is 0 Å². The average molecular weight is 401 g/mol. The molecule has 0 saturated carbocycles. The van der Waals surface area contributed by atoms with Gasteiger partial charge in [-0.1, -0.05) is 13.0 Å². The number of aromatic hydroxyl groups is 1. The Kier molecular flexibility index (Phi) is 5.84. The van der Waals surface area contributed by atoms with Crippen LogP contribution in [-0.4, -0.2) is 33.9 Å². The van der Waals surface area contributed by atoms with E-state index in [1.165, 1.54) is 7.05 Å². The Balaban J connectivity index is 1.89. The van der Waals surface area contributed by atoms with Crippen molar-refractivity contribution in [1.82, 2.24) is 14.1 Å². The number of amides is 1. The zero-order valence-electron chi connectivity index (χ0n) is 16.2. The molecular weight excluding hydrogens is 378 g/mol. The van der Waals surface area contributed by atoms with Crippen LogP contribution in [0.1, 0.15) is 41.1 Å². The number of benzene rings is 1. The molecule has 3 N–H and O–H groups in total. The second-order valence-electron chi connectivity index (χ2n) is 6.40. The predicted molar refractivity (Wildman–Crippen MR) is 110 cm³/mol. The number of hydrogen-bond acceptors (Lipinski definition) is 8. The number of hydrogen-bond donors (Lipinski definition) is 3. The molecule has 0 saturated heterocycles. The molecule has 1 atom stereocenters. The molecular formula is C19H23N5O3S. The number of phenolic OH excluding ortho intramolecular Hbond substituents is 1. The van der Waals surface area contributed by atoms with Crippen LogP contribution < -0.4 is 15.5 Å². The first-order valence-electron chi connectivity index (χ1n) is 8.87. The maximum atomic E-state index is 11.9. The summed E-state index contributed by atoms with van der Waals surface area (Å²) >= 11 is 1.07. The van der Waals surface area contributed by atoms with Crippen molar-refractivity contribution in [3.8, 4) is 5.75 Å². The number of aryl methyl sites for hydroxylation is 1. The second kappa shape index (κ2) is 8.30. The monoisotopic (exact) mass is 401 g/mol. The van der Waals surface area contributed by atoms with Crippen molar-refractivity contribution in [2.24, 2.45) is 0 Å². The molecule has 0 spiro atoms. The van der Waals surface area contributed by atoms with Crippen LogP contribution in [0, 0.1) is 6.92 Å². The lowest BCUT2D eigenvalue weighted by atomic mass is 10.1. The largest absolute Gasteiger partial charge is 0.505 e. The lowest BCUT2D eigenvalue weighted by molar-refractivity contribution is 0.0960. The van der Waals surface area contributed by atoms with Crippen molar-refractivity contribution in [2.75, 3.05) is 24.3 Å². The molecule has 0 bridgehead atoms. The van der Waals surface area contributed by atoms with Crippen molar-refractivity contribution < 1.29 is 14.3 Å². The van der Waals surface area contributed by atoms with Crippen LogP contribution in [0.3, 0.4) is 0 Å². The number of carbonyl (C=O) groups excluding carboxylic acids is 1. The first-order chi connectivity index (χ1) is 13.5. The van der Waals surface area contributed by atoms with E-state index >= 15 is 0 Å². The van der Waals surface area contributed by atoms with E-state index in [4.69, 9.17) is 4.42 Å². The summed E-state index contributed by atoms with van der Waals surface area (Å²) in [6.45, 7) is 4.06. The van der Waals surface area contributed by atoms with Crippen LogP contribution >= 0.6 is 11.7 Å². The molecule has 1 amide bonds. The molecule has 3 aromatic rings. The average Bonchev–Trinajstić information content (AvgIpc) is 3.32. The highest BCUT2D eigenvalue weighted by Gasteiger charge is 2.24. The van der Waals surface area contributed by atoms with Crippen molar-refractivity contribution >= 4 is 35.0 Å². The number of carbonyl (C=O) groups is 1. The zero-order chi connectivity index (χ0) is 20.3. The number of nitrogens with zero attached hydrogens (tertiary/aromatic N) is 3. The highest BCUT2D eigenvalue weighted by atomic mass is 32.1. The van der Waals surface area contributed by atoms with Gasteiger partial charge in [-0.15, -0.1) is 0 Å². The Hall–Kier alpha value is -3.07. The van der Waals surface area contributed by atoms with Gasteiger partial charge in [-0.05, 0) is 37.1 Å². The van der Waals surface area contributed by atoms with Crippen LogP contribution in [0.15, 0.2) is 34.9 Å². The van der Waals surface area contributed by atoms with Gasteiger partial charge in [0.25, 0.3) is 5.91 Å². The molecule has 8 nitrogen and oxygen atoms in total. The highest BCUT2D eigenvalue weighted by molar-refractivity contribution is 6.99. The van der Waals surface area contributed by atoms with Gasteiger partial charge in [0.1, 0.15) is 5.76 Å². The number of para-hydroxylation sites is 1. The predicted octanol–water partition coefficient (Wildman–Crippen LogP) is 3.84. The standard InChI is InChI=1S/C19H23N5O3S/c1-5-14(15-9-11(2)10-27-15)24(4)18-17(22-28-23-18)21-13-8-6-7-12(16(13)25)19(26)20-3/h6-10,14,25H,5H2,1-4H3,(H,20,26)(H,21,22)/t14-/m1/s1. The summed E-state index contributed by atoms with van der Waals surface area (Å²) in [5.41, 5.74) is 1.63. The van der Waals surface area contributed by atoms with Gasteiger partial charge < -0.3 is 25.1 Å². The van der Waals surface area contributed by atoms with Gasteiger partial charge in [-0.2, -0.15) is 8.75 Å². The van der Waals surface area contributed by atoms with Gasteiger partial charge in [0.15, 0.2) is 17.4 Å². The maximum Gasteiger partial charge on any atom is 0.254 e. The molecule has 0 unspecified atom stereocenters. The smallest absolute Gasteiger partial charge is 0.254 e. The summed E-state index contributed by atoms with van der Waals surface area (Å²) in [6, 6.07) is 6.92. The molecule has 0 aliphatic heterocycles. The molecule has 0 aliphatic rings. The Bertz CT molecular complexity index is 968. The van der Waals surface area contributed by atoms with Crippen molar-refractivity contribution in [2.45, 2.75) is 26.3 Å². The summed E-state index contributed by atoms with van der Waals surface area (Å²) < 4.78 is 14.4. The Morgan fingerprint density at radius 1 is 1.39 bits per heavy atom. The molecule has 0 radical (unpaired) electrons. The lowest BCUT2D eigenvalue weighted by Crippen LogP contribution is -2.24. The van der Waals surface area contributed by atoms with Crippen LogP contribution in [0.5, 0.6) is 5.75 Å². The molecule has 0 aliphatic carbocycles. The van der Waals surface area contributed by atoms with Crippen molar-refractivity contribution in [1.29, 1.82) is 0 Å². The first-order valence-corrected chi connectivity index (χ1v) is 9.60. The summed E-state index contributed by atoms with van der Waals surface area (Å²) in [7, 11) is 3.44. The van der Waals surface area contributed by atoms with E-state index in [1.807, 2.05) is 24.9 Å². The molecule has 2 aromatic heterocycles. The van der Waals surface area contributed by atoms with Gasteiger partial charge in [0.05, 0.1) is 35.3 Å². The van der Waals surface area contributed by atoms with Crippen LogP contribution in [0.25, 0.3) is 0 Å². The van der Waals surface area contributed by atoms with Gasteiger partial charge in [0.2, 0.25) is 0 Å². The van der Waals surface area contributed by atoms with Crippen LogP contribution in [-0.2, 0) is 0 Å². The third-order valence-electron chi connectivity index (χ3n) is 4.50. The molecule has 3 rings (SSSR count). The molecule has 28 heavy (non-hydrogen) atoms.